The van der Waals surface area contributed by atoms with Crippen molar-refractivity contribution >= 4 is 16.7 Å². The third kappa shape index (κ3) is 6.71. The van der Waals surface area contributed by atoms with Crippen molar-refractivity contribution < 1.29 is 19.4 Å². The maximum Gasteiger partial charge on any atom is 0.226 e. The largest absolute Gasteiger partial charge is 0.508 e. The number of fused-ring (bicyclic) bond motifs is 6. The number of phenols is 1. The van der Waals surface area contributed by atoms with Gasteiger partial charge in [0.1, 0.15) is 11.9 Å². The first kappa shape index (κ1) is 32.6. The Morgan fingerprint density at radius 2 is 1.74 bits per heavy atom. The first-order chi connectivity index (χ1) is 22.8. The van der Waals surface area contributed by atoms with Crippen molar-refractivity contribution in [3.63, 3.8) is 0 Å². The highest BCUT2D eigenvalue weighted by atomic mass is 19.1. The number of alkyl halides is 1. The van der Waals surface area contributed by atoms with Gasteiger partial charge in [0.15, 0.2) is 0 Å². The summed E-state index contributed by atoms with van der Waals surface area (Å²) in [6, 6.07) is 20.3. The molecule has 1 amide bonds. The second-order valence-electron chi connectivity index (χ2n) is 15.9. The highest BCUT2D eigenvalue weighted by Crippen LogP contribution is 2.63. The van der Waals surface area contributed by atoms with Crippen LogP contribution in [-0.4, -0.2) is 46.4 Å². The molecule has 0 radical (unpaired) electrons. The van der Waals surface area contributed by atoms with Crippen molar-refractivity contribution in [1.29, 1.82) is 0 Å². The van der Waals surface area contributed by atoms with E-state index in [0.29, 0.717) is 30.6 Å². The minimum absolute atomic E-state index is 0.147. The summed E-state index contributed by atoms with van der Waals surface area (Å²) in [5.74, 6) is 1.87. The van der Waals surface area contributed by atoms with Gasteiger partial charge in [-0.05, 0) is 120 Å². The Kier molecular flexibility index (Phi) is 9.65. The van der Waals surface area contributed by atoms with Crippen molar-refractivity contribution in [3.8, 4) is 5.75 Å². The zero-order valence-corrected chi connectivity index (χ0v) is 28.3. The first-order valence-corrected chi connectivity index (χ1v) is 18.7. The van der Waals surface area contributed by atoms with Gasteiger partial charge in [-0.15, -0.1) is 0 Å². The third-order valence-electron chi connectivity index (χ3n) is 13.0. The Hall–Kier alpha value is -2.92. The molecule has 4 aliphatic carbocycles. The standard InChI is InChI=1S/C42H54FNO3/c1-42-26-37(43)41-35-18-17-34(45)25-33(35)24-32(40(41)36(42)19-20-38(42)46)14-6-3-9-21-44(27-28-10-4-2-5-11-28)39(47)23-29-15-16-30-12-7-8-13-31(30)22-29/h7-8,12-13,15-18,22,25,28,32,36-38,40-41,45-46H,2-6,9-11,14,19-21,23-24,26-27H2,1H3/t32?,36?,37?,38?,40?,41?,42-/m0/s1. The van der Waals surface area contributed by atoms with Gasteiger partial charge >= 0.3 is 0 Å². The van der Waals surface area contributed by atoms with Crippen molar-refractivity contribution in [3.05, 3.63) is 77.4 Å². The average molecular weight is 640 g/mol. The van der Waals surface area contributed by atoms with Gasteiger partial charge in [0.2, 0.25) is 5.91 Å². The number of amides is 1. The fourth-order valence-electron chi connectivity index (χ4n) is 10.6. The number of aliphatic hydroxyl groups excluding tert-OH is 1. The molecule has 6 unspecified atom stereocenters. The van der Waals surface area contributed by atoms with E-state index in [0.717, 1.165) is 74.7 Å². The second-order valence-corrected chi connectivity index (χ2v) is 15.9. The predicted molar refractivity (Wildman–Crippen MR) is 187 cm³/mol. The van der Waals surface area contributed by atoms with Gasteiger partial charge < -0.3 is 15.1 Å². The Morgan fingerprint density at radius 3 is 2.57 bits per heavy atom. The number of unbranched alkanes of at least 4 members (excludes halogenated alkanes) is 2. The highest BCUT2D eigenvalue weighted by Gasteiger charge is 2.59. The molecule has 0 bridgehead atoms. The van der Waals surface area contributed by atoms with E-state index in [4.69, 9.17) is 0 Å². The average Bonchev–Trinajstić information content (AvgIpc) is 3.36. The number of aromatic hydroxyl groups is 1. The number of phenolic OH excluding ortho intramolecular Hbond substituents is 1. The number of halogens is 1. The molecule has 7 atom stereocenters. The normalized spacial score (nSPS) is 30.4. The zero-order valence-electron chi connectivity index (χ0n) is 28.3. The van der Waals surface area contributed by atoms with Gasteiger partial charge in [-0.3, -0.25) is 4.79 Å². The maximum atomic E-state index is 16.2. The second kappa shape index (κ2) is 13.9. The minimum atomic E-state index is -0.970. The molecule has 0 spiro atoms. The lowest BCUT2D eigenvalue weighted by Crippen LogP contribution is -2.51. The van der Waals surface area contributed by atoms with Gasteiger partial charge in [-0.2, -0.15) is 0 Å². The molecule has 3 saturated carbocycles. The summed E-state index contributed by atoms with van der Waals surface area (Å²) >= 11 is 0. The van der Waals surface area contributed by atoms with Gasteiger partial charge in [0.05, 0.1) is 12.5 Å². The number of rotatable bonds is 10. The number of carbonyl (C=O) groups excluding carboxylic acids is 1. The highest BCUT2D eigenvalue weighted by molar-refractivity contribution is 5.85. The Labute approximate surface area is 280 Å². The molecular formula is C42H54FNO3. The van der Waals surface area contributed by atoms with Crippen LogP contribution in [0.4, 0.5) is 4.39 Å². The molecule has 0 aromatic heterocycles. The molecule has 0 heterocycles. The van der Waals surface area contributed by atoms with Crippen LogP contribution < -0.4 is 0 Å². The van der Waals surface area contributed by atoms with Gasteiger partial charge in [0, 0.05) is 19.0 Å². The van der Waals surface area contributed by atoms with Crippen LogP contribution in [-0.2, 0) is 17.6 Å². The summed E-state index contributed by atoms with van der Waals surface area (Å²) in [5.41, 5.74) is 2.93. The quantitative estimate of drug-likeness (QED) is 0.218. The van der Waals surface area contributed by atoms with Crippen LogP contribution in [0.1, 0.15) is 107 Å². The number of carbonyl (C=O) groups is 1. The van der Waals surface area contributed by atoms with E-state index in [2.05, 4.69) is 54.3 Å². The van der Waals surface area contributed by atoms with Crippen molar-refractivity contribution in [1.82, 2.24) is 4.90 Å². The van der Waals surface area contributed by atoms with Crippen LogP contribution in [0.2, 0.25) is 0 Å². The Morgan fingerprint density at radius 1 is 0.936 bits per heavy atom. The molecule has 5 heteroatoms. The van der Waals surface area contributed by atoms with Crippen LogP contribution in [0.5, 0.6) is 5.75 Å². The molecule has 4 aliphatic rings. The summed E-state index contributed by atoms with van der Waals surface area (Å²) in [7, 11) is 0. The van der Waals surface area contributed by atoms with E-state index >= 15 is 4.39 Å². The number of nitrogens with zero attached hydrogens (tertiary/aromatic N) is 1. The minimum Gasteiger partial charge on any atom is -0.508 e. The Bertz CT molecular complexity index is 1550. The lowest BCUT2D eigenvalue weighted by molar-refractivity contribution is -0.131. The van der Waals surface area contributed by atoms with Crippen LogP contribution in [0.25, 0.3) is 10.8 Å². The monoisotopic (exact) mass is 639 g/mol. The number of hydrogen-bond acceptors (Lipinski definition) is 3. The van der Waals surface area contributed by atoms with Gasteiger partial charge in [-0.1, -0.05) is 87.6 Å². The lowest BCUT2D eigenvalue weighted by atomic mass is 9.51. The van der Waals surface area contributed by atoms with Crippen LogP contribution in [0.3, 0.4) is 0 Å². The molecule has 3 aromatic carbocycles. The van der Waals surface area contributed by atoms with Gasteiger partial charge in [0.25, 0.3) is 0 Å². The molecule has 3 aromatic rings. The summed E-state index contributed by atoms with van der Waals surface area (Å²) in [4.78, 5) is 15.9. The summed E-state index contributed by atoms with van der Waals surface area (Å²) < 4.78 is 16.2. The van der Waals surface area contributed by atoms with Gasteiger partial charge in [-0.25, -0.2) is 4.39 Å². The molecule has 4 nitrogen and oxygen atoms in total. The predicted octanol–water partition coefficient (Wildman–Crippen LogP) is 9.15. The van der Waals surface area contributed by atoms with Crippen LogP contribution >= 0.6 is 0 Å². The summed E-state index contributed by atoms with van der Waals surface area (Å²) in [6.45, 7) is 3.81. The summed E-state index contributed by atoms with van der Waals surface area (Å²) in [5, 5.41) is 23.7. The molecule has 2 N–H and O–H groups in total. The fraction of sp³-hybridized carbons (Fsp3) is 0.595. The van der Waals surface area contributed by atoms with Crippen molar-refractivity contribution in [2.45, 2.75) is 115 Å². The molecule has 7 rings (SSSR count). The van der Waals surface area contributed by atoms with E-state index in [1.54, 1.807) is 6.07 Å². The summed E-state index contributed by atoms with van der Waals surface area (Å²) in [6.07, 6.45) is 12.6. The molecule has 3 fully saturated rings. The smallest absolute Gasteiger partial charge is 0.226 e. The van der Waals surface area contributed by atoms with Crippen molar-refractivity contribution in [2.75, 3.05) is 13.1 Å². The molecule has 0 aliphatic heterocycles. The SMILES string of the molecule is C[C@]12CC(F)C3c4ccc(O)cc4CC(CCCCCN(CC4CCCCC4)C(=O)Cc4ccc5ccccc5c4)C3C1CCC2O. The molecular weight excluding hydrogens is 585 g/mol. The molecule has 0 saturated heterocycles. The zero-order chi connectivity index (χ0) is 32.5. The molecule has 252 valence electrons. The lowest BCUT2D eigenvalue weighted by Gasteiger charge is -2.54. The fourth-order valence-corrected chi connectivity index (χ4v) is 10.6. The van der Waals surface area contributed by atoms with E-state index in [9.17, 15) is 15.0 Å². The molecule has 47 heavy (non-hydrogen) atoms. The van der Waals surface area contributed by atoms with Crippen molar-refractivity contribution in [2.24, 2.45) is 29.1 Å². The number of benzene rings is 3. The first-order valence-electron chi connectivity index (χ1n) is 18.7. The van der Waals surface area contributed by atoms with E-state index in [1.165, 1.54) is 42.9 Å². The maximum absolute atomic E-state index is 16.2. The van der Waals surface area contributed by atoms with Crippen LogP contribution in [0.15, 0.2) is 60.7 Å². The van der Waals surface area contributed by atoms with E-state index < -0.39 is 12.3 Å². The number of hydrogen-bond donors (Lipinski definition) is 2. The number of aliphatic hydroxyl groups is 1. The topological polar surface area (TPSA) is 60.8 Å². The van der Waals surface area contributed by atoms with Crippen LogP contribution in [0, 0.1) is 29.1 Å². The van der Waals surface area contributed by atoms with E-state index in [1.807, 2.05) is 12.1 Å². The third-order valence-corrected chi connectivity index (χ3v) is 13.0. The van der Waals surface area contributed by atoms with E-state index in [-0.39, 0.29) is 28.9 Å². The Balaban J connectivity index is 1.01.